The minimum absolute atomic E-state index is 0.00896. The van der Waals surface area contributed by atoms with Gasteiger partial charge in [-0.25, -0.2) is 4.68 Å². The lowest BCUT2D eigenvalue weighted by molar-refractivity contribution is -0.122. The Bertz CT molecular complexity index is 980. The molecule has 4 nitrogen and oxygen atoms in total. The number of aromatic nitrogens is 2. The molecule has 27 heavy (non-hydrogen) atoms. The van der Waals surface area contributed by atoms with Crippen molar-refractivity contribution >= 4 is 17.5 Å². The third-order valence-electron chi connectivity index (χ3n) is 5.31. The van der Waals surface area contributed by atoms with Gasteiger partial charge in [0, 0.05) is 28.7 Å². The molecule has 0 saturated heterocycles. The fraction of sp³-hybridized carbons (Fsp3) is 0.273. The third kappa shape index (κ3) is 3.50. The van der Waals surface area contributed by atoms with E-state index >= 15 is 0 Å². The summed E-state index contributed by atoms with van der Waals surface area (Å²) in [5, 5.41) is 8.48. The van der Waals surface area contributed by atoms with Crippen molar-refractivity contribution in [3.8, 4) is 5.69 Å². The number of aryl methyl sites for hydroxylation is 1. The van der Waals surface area contributed by atoms with Crippen molar-refractivity contribution in [3.63, 3.8) is 0 Å². The molecule has 4 rings (SSSR count). The Kier molecular flexibility index (Phi) is 4.75. The van der Waals surface area contributed by atoms with Crippen LogP contribution in [0.5, 0.6) is 0 Å². The van der Waals surface area contributed by atoms with Crippen LogP contribution >= 0.6 is 11.6 Å². The molecule has 1 aliphatic carbocycles. The summed E-state index contributed by atoms with van der Waals surface area (Å²) in [6, 6.07) is 17.8. The Balaban J connectivity index is 1.43. The lowest BCUT2D eigenvalue weighted by Gasteiger charge is -2.08. The molecule has 1 amide bonds. The number of carbonyl (C=O) groups is 1. The number of benzene rings is 2. The molecule has 0 bridgehead atoms. The van der Waals surface area contributed by atoms with Crippen molar-refractivity contribution in [2.24, 2.45) is 5.92 Å². The first-order valence-electron chi connectivity index (χ1n) is 9.19. The van der Waals surface area contributed by atoms with Gasteiger partial charge in [0.15, 0.2) is 0 Å². The molecule has 1 aliphatic rings. The maximum absolute atomic E-state index is 12.6. The first-order valence-corrected chi connectivity index (χ1v) is 9.56. The van der Waals surface area contributed by atoms with Crippen LogP contribution < -0.4 is 5.32 Å². The van der Waals surface area contributed by atoms with Gasteiger partial charge in [0.1, 0.15) is 0 Å². The summed E-state index contributed by atoms with van der Waals surface area (Å²) in [7, 11) is 0. The topological polar surface area (TPSA) is 46.9 Å². The molecule has 1 fully saturated rings. The molecular weight excluding hydrogens is 358 g/mol. The lowest BCUT2D eigenvalue weighted by Crippen LogP contribution is -2.25. The number of hydrogen-bond acceptors (Lipinski definition) is 2. The van der Waals surface area contributed by atoms with E-state index in [4.69, 9.17) is 11.6 Å². The van der Waals surface area contributed by atoms with Crippen LogP contribution in [-0.2, 0) is 11.3 Å². The molecule has 0 aliphatic heterocycles. The summed E-state index contributed by atoms with van der Waals surface area (Å²) in [6.45, 7) is 4.52. The number of para-hydroxylation sites is 1. The van der Waals surface area contributed by atoms with E-state index in [9.17, 15) is 4.79 Å². The predicted octanol–water partition coefficient (Wildman–Crippen LogP) is 4.56. The van der Waals surface area contributed by atoms with Crippen molar-refractivity contribution in [3.05, 3.63) is 82.1 Å². The normalized spacial score (nSPS) is 18.3. The Labute approximate surface area is 164 Å². The predicted molar refractivity (Wildman–Crippen MR) is 107 cm³/mol. The van der Waals surface area contributed by atoms with Crippen LogP contribution in [0.1, 0.15) is 34.9 Å². The van der Waals surface area contributed by atoms with Crippen LogP contribution in [0, 0.1) is 19.8 Å². The number of hydrogen-bond donors (Lipinski definition) is 1. The highest BCUT2D eigenvalue weighted by molar-refractivity contribution is 6.31. The van der Waals surface area contributed by atoms with Crippen LogP contribution in [0.25, 0.3) is 5.69 Å². The van der Waals surface area contributed by atoms with Crippen molar-refractivity contribution in [1.82, 2.24) is 15.1 Å². The van der Waals surface area contributed by atoms with Crippen LogP contribution in [0.4, 0.5) is 0 Å². The molecule has 2 unspecified atom stereocenters. The summed E-state index contributed by atoms with van der Waals surface area (Å²) >= 11 is 6.26. The van der Waals surface area contributed by atoms with E-state index in [-0.39, 0.29) is 17.7 Å². The fourth-order valence-electron chi connectivity index (χ4n) is 3.66. The van der Waals surface area contributed by atoms with Crippen molar-refractivity contribution in [2.45, 2.75) is 32.7 Å². The number of rotatable bonds is 5. The molecule has 1 aromatic heterocycles. The molecule has 1 saturated carbocycles. The summed E-state index contributed by atoms with van der Waals surface area (Å²) in [5.74, 6) is 0.328. The van der Waals surface area contributed by atoms with E-state index in [1.54, 1.807) is 0 Å². The van der Waals surface area contributed by atoms with Gasteiger partial charge < -0.3 is 5.32 Å². The Morgan fingerprint density at radius 3 is 2.59 bits per heavy atom. The molecule has 5 heteroatoms. The Hall–Kier alpha value is -2.59. The van der Waals surface area contributed by atoms with Crippen LogP contribution in [0.2, 0.25) is 5.02 Å². The zero-order chi connectivity index (χ0) is 19.0. The SMILES string of the molecule is Cc1nn(-c2ccccc2)c(C)c1CNC(=O)C1CC1c1ccccc1Cl. The number of amides is 1. The maximum atomic E-state index is 12.6. The molecule has 2 aromatic carbocycles. The molecule has 1 heterocycles. The fourth-order valence-corrected chi connectivity index (χ4v) is 3.94. The smallest absolute Gasteiger partial charge is 0.224 e. The van der Waals surface area contributed by atoms with Gasteiger partial charge in [0.05, 0.1) is 11.4 Å². The molecule has 2 atom stereocenters. The van der Waals surface area contributed by atoms with Gasteiger partial charge in [-0.3, -0.25) is 4.79 Å². The van der Waals surface area contributed by atoms with E-state index in [0.717, 1.165) is 39.6 Å². The van der Waals surface area contributed by atoms with E-state index in [0.29, 0.717) is 6.54 Å². The molecule has 0 spiro atoms. The van der Waals surface area contributed by atoms with Gasteiger partial charge >= 0.3 is 0 Å². The average molecular weight is 380 g/mol. The lowest BCUT2D eigenvalue weighted by atomic mass is 10.1. The summed E-state index contributed by atoms with van der Waals surface area (Å²) in [4.78, 5) is 12.6. The quantitative estimate of drug-likeness (QED) is 0.706. The molecular formula is C22H22ClN3O. The molecule has 138 valence electrons. The number of carbonyl (C=O) groups excluding carboxylic acids is 1. The molecule has 1 N–H and O–H groups in total. The van der Waals surface area contributed by atoms with Gasteiger partial charge in [-0.05, 0) is 49.9 Å². The number of halogens is 1. The summed E-state index contributed by atoms with van der Waals surface area (Å²) in [5.41, 5.74) is 5.16. The van der Waals surface area contributed by atoms with E-state index in [1.165, 1.54) is 0 Å². The first-order chi connectivity index (χ1) is 13.1. The van der Waals surface area contributed by atoms with Gasteiger partial charge in [-0.2, -0.15) is 5.10 Å². The van der Waals surface area contributed by atoms with E-state index < -0.39 is 0 Å². The number of nitrogens with one attached hydrogen (secondary N) is 1. The standard InChI is InChI=1S/C22H22ClN3O/c1-14-20(15(2)26(25-14)16-8-4-3-5-9-16)13-24-22(27)19-12-18(19)17-10-6-7-11-21(17)23/h3-11,18-19H,12-13H2,1-2H3,(H,24,27). The highest BCUT2D eigenvalue weighted by atomic mass is 35.5. The van der Waals surface area contributed by atoms with Crippen molar-refractivity contribution in [2.75, 3.05) is 0 Å². The second kappa shape index (κ2) is 7.20. The van der Waals surface area contributed by atoms with Gasteiger partial charge in [-0.15, -0.1) is 0 Å². The third-order valence-corrected chi connectivity index (χ3v) is 5.66. The second-order valence-electron chi connectivity index (χ2n) is 7.08. The highest BCUT2D eigenvalue weighted by Crippen LogP contribution is 2.49. The maximum Gasteiger partial charge on any atom is 0.224 e. The molecule has 0 radical (unpaired) electrons. The van der Waals surface area contributed by atoms with E-state index in [1.807, 2.05) is 73.1 Å². The monoisotopic (exact) mass is 379 g/mol. The van der Waals surface area contributed by atoms with Crippen LogP contribution in [0.3, 0.4) is 0 Å². The minimum atomic E-state index is 0.00896. The zero-order valence-electron chi connectivity index (χ0n) is 15.4. The Morgan fingerprint density at radius 2 is 1.85 bits per heavy atom. The van der Waals surface area contributed by atoms with Gasteiger partial charge in [0.2, 0.25) is 5.91 Å². The van der Waals surface area contributed by atoms with Gasteiger partial charge in [-0.1, -0.05) is 48.0 Å². The minimum Gasteiger partial charge on any atom is -0.352 e. The van der Waals surface area contributed by atoms with Crippen LogP contribution in [0.15, 0.2) is 54.6 Å². The van der Waals surface area contributed by atoms with Crippen LogP contribution in [-0.4, -0.2) is 15.7 Å². The van der Waals surface area contributed by atoms with Crippen molar-refractivity contribution < 1.29 is 4.79 Å². The largest absolute Gasteiger partial charge is 0.352 e. The summed E-state index contributed by atoms with van der Waals surface area (Å²) in [6.07, 6.45) is 0.858. The molecule has 3 aromatic rings. The Morgan fingerprint density at radius 1 is 1.15 bits per heavy atom. The van der Waals surface area contributed by atoms with Crippen molar-refractivity contribution in [1.29, 1.82) is 0 Å². The first kappa shape index (κ1) is 17.8. The zero-order valence-corrected chi connectivity index (χ0v) is 16.2. The second-order valence-corrected chi connectivity index (χ2v) is 7.49. The van der Waals surface area contributed by atoms with Gasteiger partial charge in [0.25, 0.3) is 0 Å². The summed E-state index contributed by atoms with van der Waals surface area (Å²) < 4.78 is 1.93. The average Bonchev–Trinajstić information content (AvgIpc) is 3.42. The highest BCUT2D eigenvalue weighted by Gasteiger charge is 2.44. The number of nitrogens with zero attached hydrogens (tertiary/aromatic N) is 2. The van der Waals surface area contributed by atoms with E-state index in [2.05, 4.69) is 10.4 Å².